The Kier molecular flexibility index (Phi) is 4.45. The lowest BCUT2D eigenvalue weighted by molar-refractivity contribution is -0.154. The monoisotopic (exact) mass is 237 g/mol. The molecule has 0 aromatic carbocycles. The van der Waals surface area contributed by atoms with Crippen LogP contribution in [-0.2, 0) is 0 Å². The molecule has 0 aromatic heterocycles. The topological polar surface area (TPSA) is 26.0 Å². The molecule has 1 nitrogen and oxygen atoms in total. The minimum atomic E-state index is -4.11. The number of nitrogens with two attached hydrogens (primary N) is 1. The van der Waals surface area contributed by atoms with Gasteiger partial charge >= 0.3 is 0 Å². The van der Waals surface area contributed by atoms with E-state index >= 15 is 0 Å². The molecule has 0 saturated carbocycles. The van der Waals surface area contributed by atoms with E-state index in [1.54, 1.807) is 0 Å². The van der Waals surface area contributed by atoms with E-state index in [0.29, 0.717) is 0 Å². The quantitative estimate of drug-likeness (QED) is 0.706. The van der Waals surface area contributed by atoms with Gasteiger partial charge in [0.2, 0.25) is 0 Å². The van der Waals surface area contributed by atoms with Gasteiger partial charge in [0, 0.05) is 6.42 Å². The third-order valence-electron chi connectivity index (χ3n) is 1.85. The fraction of sp³-hybridized carbons (Fsp3) is 1.00. The molecule has 0 bridgehead atoms. The Bertz CT molecular complexity index is 183. The maximum atomic E-state index is 12.8. The molecule has 15 heavy (non-hydrogen) atoms. The Morgan fingerprint density at radius 2 is 1.20 bits per heavy atom. The third kappa shape index (κ3) is 5.86. The van der Waals surface area contributed by atoms with Crippen molar-refractivity contribution in [3.05, 3.63) is 0 Å². The summed E-state index contributed by atoms with van der Waals surface area (Å²) in [6, 6.07) is 0. The molecule has 0 rings (SSSR count). The van der Waals surface area contributed by atoms with Gasteiger partial charge in [0.25, 0.3) is 17.8 Å². The van der Waals surface area contributed by atoms with Crippen molar-refractivity contribution in [1.82, 2.24) is 0 Å². The molecule has 0 amide bonds. The van der Waals surface area contributed by atoms with Gasteiger partial charge in [-0.1, -0.05) is 6.92 Å². The van der Waals surface area contributed by atoms with Crippen LogP contribution in [0.25, 0.3) is 0 Å². The molecular weight excluding hydrogens is 224 g/mol. The molecule has 0 atom stereocenters. The number of hydrogen-bond donors (Lipinski definition) is 1. The van der Waals surface area contributed by atoms with Crippen LogP contribution >= 0.6 is 0 Å². The molecule has 0 spiro atoms. The molecule has 0 unspecified atom stereocenters. The summed E-state index contributed by atoms with van der Waals surface area (Å²) in [6.45, 7) is -0.266. The molecule has 92 valence electrons. The standard InChI is InChI=1S/C8H13F6N/c1-2-6(9,10)3-7(11,12)4-8(13,14)5-15/h2-5,15H2,1H3. The first-order valence-electron chi connectivity index (χ1n) is 4.37. The van der Waals surface area contributed by atoms with Gasteiger partial charge in [-0.15, -0.1) is 0 Å². The maximum absolute atomic E-state index is 12.8. The van der Waals surface area contributed by atoms with Gasteiger partial charge in [0.1, 0.15) is 0 Å². The number of rotatable bonds is 6. The van der Waals surface area contributed by atoms with Gasteiger partial charge in [0.15, 0.2) is 0 Å². The van der Waals surface area contributed by atoms with Crippen LogP contribution in [0, 0.1) is 0 Å². The molecule has 0 fully saturated rings. The highest BCUT2D eigenvalue weighted by Gasteiger charge is 2.48. The summed E-state index contributed by atoms with van der Waals surface area (Å²) >= 11 is 0. The normalized spacial score (nSPS) is 14.4. The second-order valence-corrected chi connectivity index (χ2v) is 3.48. The summed E-state index contributed by atoms with van der Waals surface area (Å²) in [4.78, 5) is 0. The van der Waals surface area contributed by atoms with Crippen molar-refractivity contribution in [2.24, 2.45) is 5.73 Å². The molecule has 0 aliphatic carbocycles. The summed E-state index contributed by atoms with van der Waals surface area (Å²) in [5.74, 6) is -11.6. The van der Waals surface area contributed by atoms with Gasteiger partial charge in [-0.3, -0.25) is 0 Å². The van der Waals surface area contributed by atoms with E-state index in [-0.39, 0.29) is 0 Å². The van der Waals surface area contributed by atoms with Gasteiger partial charge in [-0.25, -0.2) is 26.3 Å². The number of halogens is 6. The Labute approximate surface area is 83.6 Å². The zero-order valence-electron chi connectivity index (χ0n) is 8.17. The molecule has 0 saturated heterocycles. The summed E-state index contributed by atoms with van der Waals surface area (Å²) in [6.07, 6.45) is -4.62. The van der Waals surface area contributed by atoms with Crippen LogP contribution in [0.15, 0.2) is 0 Å². The van der Waals surface area contributed by atoms with Crippen molar-refractivity contribution in [2.75, 3.05) is 6.54 Å². The lowest BCUT2D eigenvalue weighted by Gasteiger charge is -2.25. The summed E-state index contributed by atoms with van der Waals surface area (Å²) in [7, 11) is 0. The maximum Gasteiger partial charge on any atom is 0.265 e. The summed E-state index contributed by atoms with van der Waals surface area (Å²) < 4.78 is 75.6. The van der Waals surface area contributed by atoms with Crippen LogP contribution in [0.1, 0.15) is 26.2 Å². The van der Waals surface area contributed by atoms with Gasteiger partial charge in [-0.2, -0.15) is 0 Å². The zero-order chi connectivity index (χ0) is 12.3. The first-order chi connectivity index (χ1) is 6.54. The largest absolute Gasteiger partial charge is 0.325 e. The molecule has 2 N–H and O–H groups in total. The third-order valence-corrected chi connectivity index (χ3v) is 1.85. The molecule has 7 heteroatoms. The van der Waals surface area contributed by atoms with E-state index in [9.17, 15) is 26.3 Å². The van der Waals surface area contributed by atoms with E-state index < -0.39 is 43.6 Å². The molecule has 0 radical (unpaired) electrons. The lowest BCUT2D eigenvalue weighted by atomic mass is 10.0. The number of hydrogen-bond acceptors (Lipinski definition) is 1. The minimum absolute atomic E-state index is 0.809. The van der Waals surface area contributed by atoms with Crippen molar-refractivity contribution in [3.8, 4) is 0 Å². The number of alkyl halides is 6. The van der Waals surface area contributed by atoms with Crippen LogP contribution in [0.5, 0.6) is 0 Å². The average Bonchev–Trinajstić information content (AvgIpc) is 2.00. The highest BCUT2D eigenvalue weighted by atomic mass is 19.3. The highest BCUT2D eigenvalue weighted by molar-refractivity contribution is 4.82. The Morgan fingerprint density at radius 3 is 1.53 bits per heavy atom. The van der Waals surface area contributed by atoms with Crippen molar-refractivity contribution in [3.63, 3.8) is 0 Å². The van der Waals surface area contributed by atoms with Crippen LogP contribution < -0.4 is 5.73 Å². The predicted octanol–water partition coefficient (Wildman–Crippen LogP) is 3.04. The van der Waals surface area contributed by atoms with Crippen LogP contribution in [0.4, 0.5) is 26.3 Å². The highest BCUT2D eigenvalue weighted by Crippen LogP contribution is 2.39. The molecule has 0 aromatic rings. The smallest absolute Gasteiger partial charge is 0.265 e. The summed E-state index contributed by atoms with van der Waals surface area (Å²) in [5, 5.41) is 0. The van der Waals surface area contributed by atoms with E-state index in [1.165, 1.54) is 0 Å². The van der Waals surface area contributed by atoms with E-state index in [2.05, 4.69) is 5.73 Å². The first kappa shape index (κ1) is 14.5. The molecule has 0 heterocycles. The van der Waals surface area contributed by atoms with Crippen LogP contribution in [0.3, 0.4) is 0 Å². The molecule has 0 aliphatic heterocycles. The van der Waals surface area contributed by atoms with E-state index in [0.717, 1.165) is 6.92 Å². The van der Waals surface area contributed by atoms with E-state index in [4.69, 9.17) is 0 Å². The SMILES string of the molecule is CCC(F)(F)CC(F)(F)CC(F)(F)CN. The average molecular weight is 237 g/mol. The second-order valence-electron chi connectivity index (χ2n) is 3.48. The fourth-order valence-electron chi connectivity index (χ4n) is 1.02. The lowest BCUT2D eigenvalue weighted by Crippen LogP contribution is -2.38. The molecule has 0 aliphatic rings. The minimum Gasteiger partial charge on any atom is -0.325 e. The fourth-order valence-corrected chi connectivity index (χ4v) is 1.02. The van der Waals surface area contributed by atoms with Gasteiger partial charge in [0.05, 0.1) is 19.4 Å². The Hall–Kier alpha value is -0.460. The van der Waals surface area contributed by atoms with Crippen LogP contribution in [-0.4, -0.2) is 24.3 Å². The van der Waals surface area contributed by atoms with Crippen molar-refractivity contribution in [1.29, 1.82) is 0 Å². The van der Waals surface area contributed by atoms with Crippen LogP contribution in [0.2, 0.25) is 0 Å². The van der Waals surface area contributed by atoms with Crippen molar-refractivity contribution < 1.29 is 26.3 Å². The zero-order valence-corrected chi connectivity index (χ0v) is 8.17. The van der Waals surface area contributed by atoms with Crippen molar-refractivity contribution >= 4 is 0 Å². The predicted molar refractivity (Wildman–Crippen MR) is 43.4 cm³/mol. The Morgan fingerprint density at radius 1 is 0.800 bits per heavy atom. The Balaban J connectivity index is 4.43. The van der Waals surface area contributed by atoms with E-state index in [1.807, 2.05) is 0 Å². The second kappa shape index (κ2) is 4.59. The van der Waals surface area contributed by atoms with Crippen molar-refractivity contribution in [2.45, 2.75) is 44.0 Å². The van der Waals surface area contributed by atoms with Gasteiger partial charge in [-0.05, 0) is 0 Å². The first-order valence-corrected chi connectivity index (χ1v) is 4.37. The summed E-state index contributed by atoms with van der Waals surface area (Å²) in [5.41, 5.74) is 4.54. The molecular formula is C8H13F6N. The van der Waals surface area contributed by atoms with Gasteiger partial charge < -0.3 is 5.73 Å².